The summed E-state index contributed by atoms with van der Waals surface area (Å²) in [7, 11) is -9.56. The van der Waals surface area contributed by atoms with Gasteiger partial charge in [-0.2, -0.15) is 25.9 Å². The average molecular weight is 558 g/mol. The molecular formula is C20H26F3N3O8S2. The van der Waals surface area contributed by atoms with Crippen molar-refractivity contribution in [2.75, 3.05) is 26.2 Å². The van der Waals surface area contributed by atoms with Crippen LogP contribution in [0.15, 0.2) is 40.2 Å². The molecule has 0 aliphatic carbocycles. The molecule has 0 radical (unpaired) electrons. The highest BCUT2D eigenvalue weighted by atomic mass is 32.2. The van der Waals surface area contributed by atoms with Crippen molar-refractivity contribution in [3.63, 3.8) is 0 Å². The van der Waals surface area contributed by atoms with Gasteiger partial charge < -0.3 is 10.1 Å². The standard InChI is InChI=1S/C19H25N3O5S.CHF3O3S/c1-14(2)19(24)27-13-21-11-7-15-16(18(21)23)5-3-6-17(15)28(25,26)22-10-4-8-20-9-12-22;2-1(3,4)8(5,6)7/h3,5-7,11,14,20H,4,8-10,12-13H2,1-2H3;(H,5,6,7). The third kappa shape index (κ3) is 7.25. The number of aromatic nitrogens is 1. The first-order chi connectivity index (χ1) is 16.6. The molecule has 1 aromatic heterocycles. The fourth-order valence-corrected chi connectivity index (χ4v) is 4.80. The first-order valence-corrected chi connectivity index (χ1v) is 13.5. The van der Waals surface area contributed by atoms with E-state index in [0.29, 0.717) is 25.0 Å². The Morgan fingerprint density at radius 2 is 1.75 bits per heavy atom. The molecule has 0 spiro atoms. The number of sulfonamides is 1. The summed E-state index contributed by atoms with van der Waals surface area (Å²) in [5.74, 6) is -0.700. The number of hydrogen-bond acceptors (Lipinski definition) is 8. The Morgan fingerprint density at radius 1 is 1.11 bits per heavy atom. The van der Waals surface area contributed by atoms with Crippen LogP contribution in [0.5, 0.6) is 0 Å². The van der Waals surface area contributed by atoms with E-state index in [1.807, 2.05) is 0 Å². The number of halogens is 3. The minimum Gasteiger partial charge on any atom is -0.444 e. The second kappa shape index (κ2) is 11.7. The highest BCUT2D eigenvalue weighted by molar-refractivity contribution is 7.89. The van der Waals surface area contributed by atoms with Gasteiger partial charge in [-0.05, 0) is 31.2 Å². The summed E-state index contributed by atoms with van der Waals surface area (Å²) in [6.45, 7) is 5.41. The van der Waals surface area contributed by atoms with E-state index in [1.54, 1.807) is 32.0 Å². The van der Waals surface area contributed by atoms with Crippen LogP contribution in [0.2, 0.25) is 0 Å². The Morgan fingerprint density at radius 3 is 2.33 bits per heavy atom. The van der Waals surface area contributed by atoms with Gasteiger partial charge in [-0.25, -0.2) is 8.42 Å². The summed E-state index contributed by atoms with van der Waals surface area (Å²) in [4.78, 5) is 24.5. The predicted molar refractivity (Wildman–Crippen MR) is 123 cm³/mol. The quantitative estimate of drug-likeness (QED) is 0.317. The van der Waals surface area contributed by atoms with Crippen molar-refractivity contribution in [3.05, 3.63) is 40.8 Å². The van der Waals surface area contributed by atoms with E-state index < -0.39 is 37.2 Å². The highest BCUT2D eigenvalue weighted by Gasteiger charge is 2.44. The van der Waals surface area contributed by atoms with Crippen molar-refractivity contribution in [1.29, 1.82) is 0 Å². The van der Waals surface area contributed by atoms with Crippen LogP contribution < -0.4 is 10.9 Å². The molecule has 1 aromatic carbocycles. The number of pyridine rings is 1. The number of nitrogens with one attached hydrogen (secondary N) is 1. The maximum atomic E-state index is 13.2. The van der Waals surface area contributed by atoms with Gasteiger partial charge in [-0.15, -0.1) is 0 Å². The molecule has 16 heteroatoms. The zero-order valence-electron chi connectivity index (χ0n) is 19.4. The fraction of sp³-hybridized carbons (Fsp3) is 0.500. The van der Waals surface area contributed by atoms with Gasteiger partial charge in [0.1, 0.15) is 0 Å². The molecule has 2 N–H and O–H groups in total. The largest absolute Gasteiger partial charge is 0.522 e. The lowest BCUT2D eigenvalue weighted by molar-refractivity contribution is -0.151. The van der Waals surface area contributed by atoms with Crippen molar-refractivity contribution in [2.45, 2.75) is 37.4 Å². The molecule has 11 nitrogen and oxygen atoms in total. The van der Waals surface area contributed by atoms with Crippen LogP contribution in [0.4, 0.5) is 13.2 Å². The molecule has 2 aromatic rings. The lowest BCUT2D eigenvalue weighted by atomic mass is 10.2. The topological polar surface area (TPSA) is 152 Å². The van der Waals surface area contributed by atoms with Gasteiger partial charge in [0.15, 0.2) is 6.73 Å². The average Bonchev–Trinajstić information content (AvgIpc) is 3.07. The number of esters is 1. The second-order valence-electron chi connectivity index (χ2n) is 7.98. The third-order valence-corrected chi connectivity index (χ3v) is 7.55. The van der Waals surface area contributed by atoms with E-state index in [1.165, 1.54) is 21.1 Å². The molecule has 0 amide bonds. The maximum absolute atomic E-state index is 13.2. The minimum atomic E-state index is -5.84. The highest BCUT2D eigenvalue weighted by Crippen LogP contribution is 2.24. The van der Waals surface area contributed by atoms with Gasteiger partial charge in [0.05, 0.1) is 10.8 Å². The Bertz CT molecular complexity index is 1350. The molecule has 0 unspecified atom stereocenters. The number of benzene rings is 1. The lowest BCUT2D eigenvalue weighted by Gasteiger charge is -2.20. The van der Waals surface area contributed by atoms with Crippen molar-refractivity contribution in [2.24, 2.45) is 5.92 Å². The monoisotopic (exact) mass is 557 g/mol. The van der Waals surface area contributed by atoms with E-state index in [9.17, 15) is 31.2 Å². The van der Waals surface area contributed by atoms with E-state index in [0.717, 1.165) is 13.0 Å². The van der Waals surface area contributed by atoms with Crippen LogP contribution in [-0.4, -0.2) is 67.9 Å². The summed E-state index contributed by atoms with van der Waals surface area (Å²) in [5.41, 5.74) is -5.93. The first-order valence-electron chi connectivity index (χ1n) is 10.6. The predicted octanol–water partition coefficient (Wildman–Crippen LogP) is 1.54. The molecule has 0 bridgehead atoms. The van der Waals surface area contributed by atoms with Gasteiger partial charge in [0.2, 0.25) is 10.0 Å². The van der Waals surface area contributed by atoms with E-state index >= 15 is 0 Å². The van der Waals surface area contributed by atoms with Gasteiger partial charge in [-0.3, -0.25) is 18.7 Å². The molecule has 202 valence electrons. The Balaban J connectivity index is 0.000000493. The molecule has 1 aliphatic heterocycles. The molecule has 3 rings (SSSR count). The molecule has 2 heterocycles. The third-order valence-electron chi connectivity index (χ3n) is 5.01. The van der Waals surface area contributed by atoms with Crippen LogP contribution in [0.3, 0.4) is 0 Å². The van der Waals surface area contributed by atoms with E-state index in [-0.39, 0.29) is 22.9 Å². The number of fused-ring (bicyclic) bond motifs is 1. The number of carbonyl (C=O) groups excluding carboxylic acids is 1. The maximum Gasteiger partial charge on any atom is 0.522 e. The van der Waals surface area contributed by atoms with Crippen LogP contribution in [0, 0.1) is 5.92 Å². The van der Waals surface area contributed by atoms with Crippen LogP contribution >= 0.6 is 0 Å². The number of nitrogens with zero attached hydrogens (tertiary/aromatic N) is 2. The normalized spacial score (nSPS) is 15.8. The summed E-state index contributed by atoms with van der Waals surface area (Å²) in [5, 5.41) is 3.83. The molecule has 1 fully saturated rings. The zero-order valence-corrected chi connectivity index (χ0v) is 21.0. The number of ether oxygens (including phenoxy) is 1. The number of carbonyl (C=O) groups is 1. The fourth-order valence-electron chi connectivity index (χ4n) is 3.12. The molecule has 0 atom stereocenters. The SMILES string of the molecule is CC(C)C(=O)OCn1ccc2c(S(=O)(=O)N3CCCNCC3)cccc2c1=O.O=S(=O)(O)C(F)(F)F. The molecular weight excluding hydrogens is 531 g/mol. The van der Waals surface area contributed by atoms with Crippen molar-refractivity contribution < 1.29 is 44.1 Å². The first kappa shape index (κ1) is 29.7. The Hall–Kier alpha value is -2.53. The number of alkyl halides is 3. The Labute approximate surface area is 205 Å². The summed E-state index contributed by atoms with van der Waals surface area (Å²) in [6, 6.07) is 6.26. The van der Waals surface area contributed by atoms with Crippen molar-refractivity contribution >= 4 is 36.9 Å². The zero-order chi connectivity index (χ0) is 27.3. The summed E-state index contributed by atoms with van der Waals surface area (Å²) >= 11 is 0. The summed E-state index contributed by atoms with van der Waals surface area (Å²) in [6.07, 6.45) is 2.19. The molecule has 36 heavy (non-hydrogen) atoms. The van der Waals surface area contributed by atoms with E-state index in [4.69, 9.17) is 17.7 Å². The second-order valence-corrected chi connectivity index (χ2v) is 11.3. The van der Waals surface area contributed by atoms with Crippen LogP contribution in [0.1, 0.15) is 20.3 Å². The smallest absolute Gasteiger partial charge is 0.444 e. The lowest BCUT2D eigenvalue weighted by Crippen LogP contribution is -2.34. The minimum absolute atomic E-state index is 0.121. The van der Waals surface area contributed by atoms with Gasteiger partial charge in [-0.1, -0.05) is 19.9 Å². The van der Waals surface area contributed by atoms with Gasteiger partial charge in [0.25, 0.3) is 5.56 Å². The van der Waals surface area contributed by atoms with Crippen molar-refractivity contribution in [3.8, 4) is 0 Å². The number of rotatable bonds is 5. The molecule has 1 saturated heterocycles. The van der Waals surface area contributed by atoms with Gasteiger partial charge >= 0.3 is 21.6 Å². The molecule has 0 saturated carbocycles. The van der Waals surface area contributed by atoms with Crippen molar-refractivity contribution in [1.82, 2.24) is 14.2 Å². The van der Waals surface area contributed by atoms with E-state index in [2.05, 4.69) is 5.32 Å². The van der Waals surface area contributed by atoms with Gasteiger partial charge in [0, 0.05) is 36.6 Å². The molecule has 1 aliphatic rings. The van der Waals surface area contributed by atoms with Crippen LogP contribution in [0.25, 0.3) is 10.8 Å². The number of hydrogen-bond donors (Lipinski definition) is 2. The van der Waals surface area contributed by atoms with Crippen LogP contribution in [-0.2, 0) is 36.4 Å². The Kier molecular flexibility index (Phi) is 9.64. The summed E-state index contributed by atoms with van der Waals surface area (Å²) < 4.78 is 91.7.